The molecule has 0 radical (unpaired) electrons. The van der Waals surface area contributed by atoms with Crippen molar-refractivity contribution in [2.75, 3.05) is 0 Å². The number of carbonyl (C=O) groups excluding carboxylic acids is 2. The van der Waals surface area contributed by atoms with Crippen molar-refractivity contribution < 1.29 is 69.8 Å². The minimum atomic E-state index is -0.766. The second-order valence-corrected chi connectivity index (χ2v) is 13.5. The van der Waals surface area contributed by atoms with Crippen LogP contribution in [0.5, 0.6) is 0 Å². The molecule has 4 N–H and O–H groups in total. The van der Waals surface area contributed by atoms with Crippen LogP contribution in [0.2, 0.25) is 0 Å². The van der Waals surface area contributed by atoms with Gasteiger partial charge in [-0.1, -0.05) is 120 Å². The van der Waals surface area contributed by atoms with Gasteiger partial charge in [0, 0.05) is 13.1 Å². The molecule has 0 fully saturated rings. The van der Waals surface area contributed by atoms with E-state index in [-0.39, 0.29) is 78.5 Å². The summed E-state index contributed by atoms with van der Waals surface area (Å²) in [5.41, 5.74) is 10.6. The molecule has 1 amide bonds. The molecule has 12 heteroatoms. The molecule has 0 saturated carbocycles. The summed E-state index contributed by atoms with van der Waals surface area (Å²) in [6, 6.07) is 28.1. The van der Waals surface area contributed by atoms with Gasteiger partial charge in [-0.25, -0.2) is 14.0 Å². The summed E-state index contributed by atoms with van der Waals surface area (Å²) < 4.78 is 26.1. The summed E-state index contributed by atoms with van der Waals surface area (Å²) in [6.45, 7) is 14.2. The third kappa shape index (κ3) is 18.0. The van der Waals surface area contributed by atoms with Crippen LogP contribution in [-0.2, 0) is 36.5 Å². The van der Waals surface area contributed by atoms with E-state index in [2.05, 4.69) is 101 Å². The molecule has 0 saturated heterocycles. The second-order valence-electron chi connectivity index (χ2n) is 12.6. The molecule has 0 aliphatic heterocycles. The Labute approximate surface area is 353 Å². The molecule has 50 heavy (non-hydrogen) atoms. The van der Waals surface area contributed by atoms with Crippen LogP contribution < -0.4 is 67.8 Å². The summed E-state index contributed by atoms with van der Waals surface area (Å²) >= 11 is 13.8. The zero-order valence-corrected chi connectivity index (χ0v) is 35.0. The van der Waals surface area contributed by atoms with E-state index >= 15 is 0 Å². The van der Waals surface area contributed by atoms with E-state index in [0.717, 1.165) is 5.56 Å². The summed E-state index contributed by atoms with van der Waals surface area (Å²) in [7, 11) is 0. The number of rotatable bonds is 5. The maximum Gasteiger partial charge on any atom is 1.00 e. The van der Waals surface area contributed by atoms with Crippen LogP contribution in [0.4, 0.5) is 8.78 Å². The average molecular weight is 763 g/mol. The molecular formula is C38H42ClF2KN4O2S2. The van der Waals surface area contributed by atoms with Gasteiger partial charge in [0.25, 0.3) is 11.1 Å². The molecule has 0 aliphatic carbocycles. The van der Waals surface area contributed by atoms with Crippen LogP contribution in [0.1, 0.15) is 84.5 Å². The first-order chi connectivity index (χ1) is 22.9. The predicted octanol–water partition coefficient (Wildman–Crippen LogP) is 5.59. The largest absolute Gasteiger partial charge is 1.00 e. The smallest absolute Gasteiger partial charge is 0.696 e. The fourth-order valence-electron chi connectivity index (χ4n) is 3.93. The summed E-state index contributed by atoms with van der Waals surface area (Å²) in [6.07, 6.45) is 0. The van der Waals surface area contributed by atoms with Gasteiger partial charge in [0.2, 0.25) is 0 Å². The minimum absolute atomic E-state index is 0. The number of amides is 1. The molecule has 6 nitrogen and oxygen atoms in total. The molecule has 260 valence electrons. The van der Waals surface area contributed by atoms with Gasteiger partial charge in [0.1, 0.15) is 11.6 Å². The molecule has 0 heterocycles. The van der Waals surface area contributed by atoms with Gasteiger partial charge in [0.05, 0.1) is 11.1 Å². The Morgan fingerprint density at radius 2 is 1.16 bits per heavy atom. The molecule has 0 bridgehead atoms. The Bertz CT molecular complexity index is 1700. The normalized spacial score (nSPS) is 10.1. The Hall–Kier alpha value is -2.63. The Kier molecular flexibility index (Phi) is 22.5. The number of carbonyl (C=O) groups is 2. The fourth-order valence-corrected chi connectivity index (χ4v) is 4.24. The van der Waals surface area contributed by atoms with Crippen LogP contribution in [0.3, 0.4) is 0 Å². The number of nitrogens with zero attached hydrogens (tertiary/aromatic N) is 1. The van der Waals surface area contributed by atoms with Crippen LogP contribution in [0.15, 0.2) is 97.1 Å². The van der Waals surface area contributed by atoms with Crippen LogP contribution in [0.25, 0.3) is 0 Å². The Morgan fingerprint density at radius 3 is 1.50 bits per heavy atom. The molecule has 4 rings (SSSR count). The average Bonchev–Trinajstić information content (AvgIpc) is 3.04. The third-order valence-corrected chi connectivity index (χ3v) is 7.21. The third-order valence-electron chi connectivity index (χ3n) is 6.76. The number of thiocyanates is 1. The summed E-state index contributed by atoms with van der Waals surface area (Å²) in [5.74, 6) is -1.72. The number of benzene rings is 4. The number of nitriles is 1. The van der Waals surface area contributed by atoms with E-state index in [1.807, 2.05) is 12.1 Å². The van der Waals surface area contributed by atoms with Gasteiger partial charge in [0.15, 0.2) is 5.11 Å². The first-order valence-electron chi connectivity index (χ1n) is 15.1. The molecule has 0 spiro atoms. The SMILES string of the molecule is CC(C)(C)c1ccc(CN)cc1.CC(C)(C)c1ccc(CNC(=S)NC(=O)c2ccccc2F)cc1.N#C[S-].O=C(Cl)c1ccccc1F.[K+]. The number of nitrogens with one attached hydrogen (secondary N) is 2. The van der Waals surface area contributed by atoms with Gasteiger partial charge in [-0.15, -0.1) is 0 Å². The summed E-state index contributed by atoms with van der Waals surface area (Å²) in [4.78, 5) is 22.4. The standard InChI is InChI=1S/C19H21FN2OS.C11H17N.C7H4ClFO.CHNS.K/c1-19(2,3)14-10-8-13(9-11-14)12-21-18(24)22-17(23)15-6-4-5-7-16(15)20;1-11(2,3)10-6-4-9(8-12)5-7-10;8-7(10)5-3-1-2-4-6(5)9;2-1-3;/h4-11H,12H2,1-3H3,(H2,21,22,23,24);4-7H,8,12H2,1-3H3;1-4H;3H;/q;;;;+1/p-1. The molecule has 0 aliphatic rings. The van der Waals surface area contributed by atoms with E-state index in [1.54, 1.807) is 12.1 Å². The minimum Gasteiger partial charge on any atom is -0.696 e. The number of hydrogen-bond acceptors (Lipinski definition) is 6. The van der Waals surface area contributed by atoms with Gasteiger partial charge >= 0.3 is 51.4 Å². The van der Waals surface area contributed by atoms with E-state index in [4.69, 9.17) is 34.8 Å². The molecular weight excluding hydrogens is 721 g/mol. The van der Waals surface area contributed by atoms with E-state index in [0.29, 0.717) is 13.1 Å². The van der Waals surface area contributed by atoms with Gasteiger partial charge < -0.3 is 23.7 Å². The summed E-state index contributed by atoms with van der Waals surface area (Å²) in [5, 5.41) is 13.3. The number of nitrogens with two attached hydrogens (primary N) is 1. The van der Waals surface area contributed by atoms with Crippen molar-refractivity contribution in [2.24, 2.45) is 5.73 Å². The van der Waals surface area contributed by atoms with Crippen molar-refractivity contribution in [3.05, 3.63) is 142 Å². The van der Waals surface area contributed by atoms with Crippen LogP contribution >= 0.6 is 23.8 Å². The zero-order valence-electron chi connectivity index (χ0n) is 29.4. The number of thiocarbonyl (C=S) groups is 1. The van der Waals surface area contributed by atoms with Crippen molar-refractivity contribution in [1.29, 1.82) is 5.26 Å². The molecule has 0 unspecified atom stereocenters. The number of hydrogen-bond donors (Lipinski definition) is 3. The fraction of sp³-hybridized carbons (Fsp3) is 0.263. The molecule has 0 atom stereocenters. The van der Waals surface area contributed by atoms with Crippen molar-refractivity contribution in [3.8, 4) is 5.40 Å². The van der Waals surface area contributed by atoms with Crippen LogP contribution in [0, 0.1) is 22.3 Å². The quantitative estimate of drug-likeness (QED) is 0.0800. The van der Waals surface area contributed by atoms with E-state index in [1.165, 1.54) is 58.5 Å². The van der Waals surface area contributed by atoms with Crippen molar-refractivity contribution in [3.63, 3.8) is 0 Å². The van der Waals surface area contributed by atoms with Crippen molar-refractivity contribution >= 4 is 52.7 Å². The topological polar surface area (TPSA) is 108 Å². The van der Waals surface area contributed by atoms with Crippen LogP contribution in [-0.4, -0.2) is 16.3 Å². The van der Waals surface area contributed by atoms with Gasteiger partial charge in [-0.3, -0.25) is 14.9 Å². The monoisotopic (exact) mass is 762 g/mol. The predicted molar refractivity (Wildman–Crippen MR) is 201 cm³/mol. The second kappa shape index (κ2) is 23.8. The molecule has 4 aromatic carbocycles. The molecule has 4 aromatic rings. The Balaban J connectivity index is 0.000000769. The first-order valence-corrected chi connectivity index (χ1v) is 16.3. The first kappa shape index (κ1) is 47.4. The maximum absolute atomic E-state index is 13.6. The van der Waals surface area contributed by atoms with Crippen molar-refractivity contribution in [2.45, 2.75) is 65.5 Å². The molecule has 0 aromatic heterocycles. The van der Waals surface area contributed by atoms with Gasteiger partial charge in [-0.2, -0.15) is 0 Å². The van der Waals surface area contributed by atoms with E-state index in [9.17, 15) is 18.4 Å². The maximum atomic E-state index is 13.6. The van der Waals surface area contributed by atoms with E-state index < -0.39 is 22.8 Å². The van der Waals surface area contributed by atoms with Gasteiger partial charge in [-0.05, 0) is 81.2 Å². The zero-order chi connectivity index (χ0) is 37.2. The number of halogens is 3. The Morgan fingerprint density at radius 1 is 0.780 bits per heavy atom. The van der Waals surface area contributed by atoms with Crippen molar-refractivity contribution in [1.82, 2.24) is 10.6 Å².